The summed E-state index contributed by atoms with van der Waals surface area (Å²) in [6, 6.07) is 6.74. The average molecular weight is 344 g/mol. The largest absolute Gasteiger partial charge is 0.324 e. The second-order valence-corrected chi connectivity index (χ2v) is 5.40. The third kappa shape index (κ3) is 3.85. The summed E-state index contributed by atoms with van der Waals surface area (Å²) in [4.78, 5) is 24.1. The number of benzene rings is 1. The molecular formula is C15H14ClN7O. The molecule has 0 fully saturated rings. The minimum atomic E-state index is -0.451. The van der Waals surface area contributed by atoms with E-state index in [1.54, 1.807) is 19.1 Å². The molecule has 1 aromatic carbocycles. The molecule has 2 aromatic heterocycles. The van der Waals surface area contributed by atoms with Crippen LogP contribution in [0.1, 0.15) is 13.0 Å². The summed E-state index contributed by atoms with van der Waals surface area (Å²) >= 11 is 5.74. The van der Waals surface area contributed by atoms with E-state index in [-0.39, 0.29) is 5.91 Å². The van der Waals surface area contributed by atoms with Crippen LogP contribution in [0.4, 0.5) is 17.3 Å². The van der Waals surface area contributed by atoms with Crippen molar-refractivity contribution >= 4 is 34.8 Å². The van der Waals surface area contributed by atoms with Crippen molar-refractivity contribution in [3.05, 3.63) is 54.3 Å². The zero-order valence-corrected chi connectivity index (χ0v) is 13.5. The van der Waals surface area contributed by atoms with Crippen molar-refractivity contribution in [1.29, 1.82) is 0 Å². The highest BCUT2D eigenvalue weighted by Gasteiger charge is 2.15. The van der Waals surface area contributed by atoms with Crippen LogP contribution in [-0.2, 0) is 4.79 Å². The Balaban J connectivity index is 1.62. The highest BCUT2D eigenvalue weighted by Crippen LogP contribution is 2.18. The Morgan fingerprint density at radius 2 is 1.83 bits per heavy atom. The zero-order chi connectivity index (χ0) is 16.9. The van der Waals surface area contributed by atoms with Gasteiger partial charge in [0.1, 0.15) is 18.7 Å². The third-order valence-corrected chi connectivity index (χ3v) is 3.44. The van der Waals surface area contributed by atoms with Crippen LogP contribution >= 0.6 is 11.6 Å². The van der Waals surface area contributed by atoms with Gasteiger partial charge in [0.25, 0.3) is 0 Å². The van der Waals surface area contributed by atoms with Gasteiger partial charge < -0.3 is 10.6 Å². The molecule has 0 aliphatic rings. The number of aromatic nitrogens is 5. The van der Waals surface area contributed by atoms with Gasteiger partial charge in [-0.2, -0.15) is 5.10 Å². The van der Waals surface area contributed by atoms with Gasteiger partial charge in [0.05, 0.1) is 17.4 Å². The smallest absolute Gasteiger partial charge is 0.249 e. The lowest BCUT2D eigenvalue weighted by Gasteiger charge is -2.12. The standard InChI is InChI=1S/C15H14ClN7O/c1-10(23-9-17-8-20-23)14(24)21-12-2-4-13(5-3-12)22-15-18-6-11(16)7-19-15/h2-10H,1H3,(H,21,24)(H,18,19,22)/t10-/m0/s1. The highest BCUT2D eigenvalue weighted by atomic mass is 35.5. The fraction of sp³-hybridized carbons (Fsp3) is 0.133. The molecule has 1 atom stereocenters. The van der Waals surface area contributed by atoms with Crippen molar-refractivity contribution in [3.63, 3.8) is 0 Å². The molecule has 0 saturated carbocycles. The lowest BCUT2D eigenvalue weighted by Crippen LogP contribution is -2.23. The predicted molar refractivity (Wildman–Crippen MR) is 90.1 cm³/mol. The molecule has 8 nitrogen and oxygen atoms in total. The second-order valence-electron chi connectivity index (χ2n) is 4.97. The van der Waals surface area contributed by atoms with Gasteiger partial charge in [0.15, 0.2) is 0 Å². The molecule has 3 aromatic rings. The van der Waals surface area contributed by atoms with E-state index in [1.165, 1.54) is 29.7 Å². The van der Waals surface area contributed by atoms with Gasteiger partial charge in [-0.1, -0.05) is 11.6 Å². The number of nitrogens with one attached hydrogen (secondary N) is 2. The van der Waals surface area contributed by atoms with Crippen molar-refractivity contribution in [1.82, 2.24) is 24.7 Å². The zero-order valence-electron chi connectivity index (χ0n) is 12.7. The normalized spacial score (nSPS) is 11.8. The van der Waals surface area contributed by atoms with E-state index in [4.69, 9.17) is 11.6 Å². The number of anilines is 3. The van der Waals surface area contributed by atoms with E-state index in [1.807, 2.05) is 12.1 Å². The van der Waals surface area contributed by atoms with Gasteiger partial charge in [-0.25, -0.2) is 19.6 Å². The van der Waals surface area contributed by atoms with Crippen molar-refractivity contribution in [2.75, 3.05) is 10.6 Å². The number of hydrogen-bond donors (Lipinski definition) is 2. The topological polar surface area (TPSA) is 97.6 Å². The van der Waals surface area contributed by atoms with Crippen LogP contribution in [0.3, 0.4) is 0 Å². The van der Waals surface area contributed by atoms with Crippen LogP contribution in [0, 0.1) is 0 Å². The van der Waals surface area contributed by atoms with E-state index in [2.05, 4.69) is 30.7 Å². The number of rotatable bonds is 5. The highest BCUT2D eigenvalue weighted by molar-refractivity contribution is 6.30. The SMILES string of the molecule is C[C@@H](C(=O)Nc1ccc(Nc2ncc(Cl)cn2)cc1)n1cncn1. The van der Waals surface area contributed by atoms with E-state index >= 15 is 0 Å². The molecule has 0 saturated heterocycles. The Morgan fingerprint density at radius 3 is 2.46 bits per heavy atom. The van der Waals surface area contributed by atoms with E-state index in [0.29, 0.717) is 16.7 Å². The van der Waals surface area contributed by atoms with Gasteiger partial charge >= 0.3 is 0 Å². The number of carbonyl (C=O) groups is 1. The number of amides is 1. The maximum absolute atomic E-state index is 12.2. The fourth-order valence-corrected chi connectivity index (χ4v) is 2.02. The molecule has 2 N–H and O–H groups in total. The Hall–Kier alpha value is -3.00. The lowest BCUT2D eigenvalue weighted by molar-refractivity contribution is -0.119. The van der Waals surface area contributed by atoms with Gasteiger partial charge in [-0.15, -0.1) is 0 Å². The van der Waals surface area contributed by atoms with Crippen LogP contribution in [0.5, 0.6) is 0 Å². The Labute approximate surface area is 142 Å². The monoisotopic (exact) mass is 343 g/mol. The molecular weight excluding hydrogens is 330 g/mol. The van der Waals surface area contributed by atoms with Crippen molar-refractivity contribution in [3.8, 4) is 0 Å². The average Bonchev–Trinajstić information content (AvgIpc) is 3.12. The molecule has 0 spiro atoms. The first kappa shape index (κ1) is 15.9. The minimum Gasteiger partial charge on any atom is -0.324 e. The summed E-state index contributed by atoms with van der Waals surface area (Å²) in [5.41, 5.74) is 1.47. The molecule has 0 aliphatic carbocycles. The second kappa shape index (κ2) is 7.05. The Bertz CT molecular complexity index is 803. The first-order valence-corrected chi connectivity index (χ1v) is 7.49. The summed E-state index contributed by atoms with van der Waals surface area (Å²) in [5, 5.41) is 10.3. The van der Waals surface area contributed by atoms with Crippen molar-refractivity contribution in [2.45, 2.75) is 13.0 Å². The van der Waals surface area contributed by atoms with Crippen LogP contribution in [0.15, 0.2) is 49.3 Å². The van der Waals surface area contributed by atoms with Crippen molar-refractivity contribution < 1.29 is 4.79 Å². The molecule has 24 heavy (non-hydrogen) atoms. The molecule has 9 heteroatoms. The Kier molecular flexibility index (Phi) is 4.66. The number of carbonyl (C=O) groups excluding carboxylic acids is 1. The number of halogens is 1. The quantitative estimate of drug-likeness (QED) is 0.739. The van der Waals surface area contributed by atoms with Gasteiger partial charge in [0.2, 0.25) is 11.9 Å². The minimum absolute atomic E-state index is 0.178. The molecule has 3 rings (SSSR count). The lowest BCUT2D eigenvalue weighted by atomic mass is 10.2. The number of hydrogen-bond acceptors (Lipinski definition) is 6. The molecule has 0 radical (unpaired) electrons. The molecule has 1 amide bonds. The summed E-state index contributed by atoms with van der Waals surface area (Å²) in [5.74, 6) is 0.262. The number of nitrogens with zero attached hydrogens (tertiary/aromatic N) is 5. The van der Waals surface area contributed by atoms with Crippen LogP contribution < -0.4 is 10.6 Å². The molecule has 0 aliphatic heterocycles. The van der Waals surface area contributed by atoms with E-state index < -0.39 is 6.04 Å². The summed E-state index contributed by atoms with van der Waals surface area (Å²) < 4.78 is 1.49. The van der Waals surface area contributed by atoms with Crippen LogP contribution in [0.25, 0.3) is 0 Å². The summed E-state index contributed by atoms with van der Waals surface area (Å²) in [6.07, 6.45) is 5.92. The van der Waals surface area contributed by atoms with Crippen molar-refractivity contribution in [2.24, 2.45) is 0 Å². The van der Waals surface area contributed by atoms with Gasteiger partial charge in [-0.3, -0.25) is 4.79 Å². The maximum atomic E-state index is 12.2. The first-order chi connectivity index (χ1) is 11.6. The fourth-order valence-electron chi connectivity index (χ4n) is 1.93. The third-order valence-electron chi connectivity index (χ3n) is 3.24. The molecule has 0 unspecified atom stereocenters. The molecule has 122 valence electrons. The van der Waals surface area contributed by atoms with Gasteiger partial charge in [-0.05, 0) is 31.2 Å². The van der Waals surface area contributed by atoms with Gasteiger partial charge in [0, 0.05) is 11.4 Å². The predicted octanol–water partition coefficient (Wildman–Crippen LogP) is 2.66. The van der Waals surface area contributed by atoms with E-state index in [9.17, 15) is 4.79 Å². The Morgan fingerprint density at radius 1 is 1.17 bits per heavy atom. The molecule has 2 heterocycles. The first-order valence-electron chi connectivity index (χ1n) is 7.11. The maximum Gasteiger partial charge on any atom is 0.249 e. The van der Waals surface area contributed by atoms with Crippen LogP contribution in [-0.4, -0.2) is 30.6 Å². The van der Waals surface area contributed by atoms with E-state index in [0.717, 1.165) is 5.69 Å². The summed E-state index contributed by atoms with van der Waals surface area (Å²) in [6.45, 7) is 1.75. The van der Waals surface area contributed by atoms with Crippen LogP contribution in [0.2, 0.25) is 5.02 Å². The molecule has 0 bridgehead atoms. The summed E-state index contributed by atoms with van der Waals surface area (Å²) in [7, 11) is 0.